The molecule has 1 aromatic carbocycles. The zero-order chi connectivity index (χ0) is 13.2. The van der Waals surface area contributed by atoms with Gasteiger partial charge in [-0.2, -0.15) is 5.10 Å². The standard InChI is InChI=1S/C15H19N3O/c1-16-10-15(19)12-4-6-13(7-5-12)18-14(8-9-17-18)11-2-3-11/h4-9,11,15-16,19H,2-3,10H2,1H3. The van der Waals surface area contributed by atoms with Gasteiger partial charge in [-0.05, 0) is 43.7 Å². The molecule has 1 aliphatic rings. The molecule has 1 aromatic heterocycles. The molecule has 1 saturated carbocycles. The van der Waals surface area contributed by atoms with E-state index in [0.717, 1.165) is 11.3 Å². The van der Waals surface area contributed by atoms with Gasteiger partial charge >= 0.3 is 0 Å². The number of nitrogens with zero attached hydrogens (tertiary/aromatic N) is 2. The molecule has 100 valence electrons. The molecule has 0 spiro atoms. The van der Waals surface area contributed by atoms with Crippen LogP contribution in [0.4, 0.5) is 0 Å². The van der Waals surface area contributed by atoms with Crippen molar-refractivity contribution in [2.45, 2.75) is 24.9 Å². The summed E-state index contributed by atoms with van der Waals surface area (Å²) >= 11 is 0. The number of likely N-dealkylation sites (N-methyl/N-ethyl adjacent to an activating group) is 1. The van der Waals surface area contributed by atoms with Crippen molar-refractivity contribution in [2.75, 3.05) is 13.6 Å². The molecule has 0 aliphatic heterocycles. The van der Waals surface area contributed by atoms with Crippen LogP contribution >= 0.6 is 0 Å². The van der Waals surface area contributed by atoms with E-state index in [4.69, 9.17) is 0 Å². The van der Waals surface area contributed by atoms with Crippen molar-refractivity contribution in [1.82, 2.24) is 15.1 Å². The molecule has 4 nitrogen and oxygen atoms in total. The first-order valence-electron chi connectivity index (χ1n) is 6.76. The Morgan fingerprint density at radius 2 is 2.05 bits per heavy atom. The minimum atomic E-state index is -0.459. The van der Waals surface area contributed by atoms with E-state index >= 15 is 0 Å². The van der Waals surface area contributed by atoms with Crippen LogP contribution in [0.3, 0.4) is 0 Å². The maximum absolute atomic E-state index is 9.91. The molecule has 1 fully saturated rings. The Morgan fingerprint density at radius 3 is 2.68 bits per heavy atom. The first-order chi connectivity index (χ1) is 9.29. The monoisotopic (exact) mass is 257 g/mol. The topological polar surface area (TPSA) is 50.1 Å². The molecule has 2 N–H and O–H groups in total. The van der Waals surface area contributed by atoms with Crippen LogP contribution in [0.5, 0.6) is 0 Å². The van der Waals surface area contributed by atoms with Gasteiger partial charge in [-0.15, -0.1) is 0 Å². The fraction of sp³-hybridized carbons (Fsp3) is 0.400. The molecule has 1 aliphatic carbocycles. The molecule has 3 rings (SSSR count). The second-order valence-electron chi connectivity index (χ2n) is 5.11. The van der Waals surface area contributed by atoms with E-state index in [9.17, 15) is 5.11 Å². The Bertz CT molecular complexity index is 543. The van der Waals surface area contributed by atoms with Crippen molar-refractivity contribution in [1.29, 1.82) is 0 Å². The number of benzene rings is 1. The second-order valence-corrected chi connectivity index (χ2v) is 5.11. The molecule has 19 heavy (non-hydrogen) atoms. The third-order valence-corrected chi connectivity index (χ3v) is 3.59. The molecular weight excluding hydrogens is 238 g/mol. The van der Waals surface area contributed by atoms with Crippen molar-refractivity contribution >= 4 is 0 Å². The number of aliphatic hydroxyl groups excluding tert-OH is 1. The van der Waals surface area contributed by atoms with Crippen LogP contribution in [0.2, 0.25) is 0 Å². The Balaban J connectivity index is 1.83. The van der Waals surface area contributed by atoms with Crippen molar-refractivity contribution in [3.05, 3.63) is 47.8 Å². The summed E-state index contributed by atoms with van der Waals surface area (Å²) in [5.41, 5.74) is 3.29. The number of nitrogens with one attached hydrogen (secondary N) is 1. The molecule has 1 atom stereocenters. The Labute approximate surface area is 113 Å². The third kappa shape index (κ3) is 2.55. The van der Waals surface area contributed by atoms with E-state index in [2.05, 4.69) is 16.5 Å². The van der Waals surface area contributed by atoms with Gasteiger partial charge in [0.05, 0.1) is 11.8 Å². The van der Waals surface area contributed by atoms with Gasteiger partial charge in [0.1, 0.15) is 0 Å². The number of rotatable bonds is 5. The maximum atomic E-state index is 9.91. The first kappa shape index (κ1) is 12.4. The fourth-order valence-corrected chi connectivity index (χ4v) is 2.37. The summed E-state index contributed by atoms with van der Waals surface area (Å²) in [5.74, 6) is 0.678. The Kier molecular flexibility index (Phi) is 3.36. The Morgan fingerprint density at radius 1 is 1.32 bits per heavy atom. The van der Waals surface area contributed by atoms with E-state index in [1.807, 2.05) is 42.2 Å². The smallest absolute Gasteiger partial charge is 0.0914 e. The van der Waals surface area contributed by atoms with Gasteiger partial charge in [-0.1, -0.05) is 12.1 Å². The van der Waals surface area contributed by atoms with Gasteiger partial charge in [0.25, 0.3) is 0 Å². The number of aliphatic hydroxyl groups is 1. The number of hydrogen-bond acceptors (Lipinski definition) is 3. The maximum Gasteiger partial charge on any atom is 0.0914 e. The molecule has 0 saturated heterocycles. The lowest BCUT2D eigenvalue weighted by Crippen LogP contribution is -2.16. The Hall–Kier alpha value is -1.65. The lowest BCUT2D eigenvalue weighted by Gasteiger charge is -2.12. The molecule has 0 radical (unpaired) electrons. The normalized spacial score (nSPS) is 16.5. The van der Waals surface area contributed by atoms with Gasteiger partial charge < -0.3 is 10.4 Å². The van der Waals surface area contributed by atoms with E-state index in [0.29, 0.717) is 12.5 Å². The van der Waals surface area contributed by atoms with E-state index < -0.39 is 6.10 Å². The average Bonchev–Trinajstić information content (AvgIpc) is 3.17. The average molecular weight is 257 g/mol. The van der Waals surface area contributed by atoms with Gasteiger partial charge in [0.2, 0.25) is 0 Å². The highest BCUT2D eigenvalue weighted by molar-refractivity contribution is 5.37. The zero-order valence-electron chi connectivity index (χ0n) is 11.1. The quantitative estimate of drug-likeness (QED) is 0.861. The van der Waals surface area contributed by atoms with Gasteiger partial charge in [-0.25, -0.2) is 4.68 Å². The van der Waals surface area contributed by atoms with Crippen molar-refractivity contribution in [3.63, 3.8) is 0 Å². The largest absolute Gasteiger partial charge is 0.387 e. The minimum Gasteiger partial charge on any atom is -0.387 e. The first-order valence-corrected chi connectivity index (χ1v) is 6.76. The molecule has 0 amide bonds. The summed E-state index contributed by atoms with van der Waals surface area (Å²) < 4.78 is 2.01. The van der Waals surface area contributed by atoms with Crippen LogP contribution < -0.4 is 5.32 Å². The van der Waals surface area contributed by atoms with Crippen molar-refractivity contribution in [2.24, 2.45) is 0 Å². The summed E-state index contributed by atoms with van der Waals surface area (Å²) in [6.07, 6.45) is 3.94. The SMILES string of the molecule is CNCC(O)c1ccc(-n2nccc2C2CC2)cc1. The van der Waals surface area contributed by atoms with Crippen LogP contribution in [0.15, 0.2) is 36.5 Å². The second kappa shape index (κ2) is 5.15. The van der Waals surface area contributed by atoms with Gasteiger partial charge in [0, 0.05) is 24.4 Å². The van der Waals surface area contributed by atoms with Crippen molar-refractivity contribution < 1.29 is 5.11 Å². The summed E-state index contributed by atoms with van der Waals surface area (Å²) in [7, 11) is 1.84. The lowest BCUT2D eigenvalue weighted by atomic mass is 10.1. The molecule has 2 aromatic rings. The van der Waals surface area contributed by atoms with E-state index in [-0.39, 0.29) is 0 Å². The predicted molar refractivity (Wildman–Crippen MR) is 74.4 cm³/mol. The van der Waals surface area contributed by atoms with Crippen molar-refractivity contribution in [3.8, 4) is 5.69 Å². The third-order valence-electron chi connectivity index (χ3n) is 3.59. The van der Waals surface area contributed by atoms with Crippen LogP contribution in [0, 0.1) is 0 Å². The highest BCUT2D eigenvalue weighted by Crippen LogP contribution is 2.40. The van der Waals surface area contributed by atoms with Crippen LogP contribution in [0.25, 0.3) is 5.69 Å². The lowest BCUT2D eigenvalue weighted by molar-refractivity contribution is 0.178. The predicted octanol–water partition coefficient (Wildman–Crippen LogP) is 2.00. The van der Waals surface area contributed by atoms with E-state index in [1.165, 1.54) is 18.5 Å². The van der Waals surface area contributed by atoms with E-state index in [1.54, 1.807) is 0 Å². The highest BCUT2D eigenvalue weighted by atomic mass is 16.3. The van der Waals surface area contributed by atoms with Gasteiger partial charge in [-0.3, -0.25) is 0 Å². The molecule has 1 unspecified atom stereocenters. The summed E-state index contributed by atoms with van der Waals surface area (Å²) in [6, 6.07) is 10.1. The number of aromatic nitrogens is 2. The molecule has 1 heterocycles. The van der Waals surface area contributed by atoms with Gasteiger partial charge in [0.15, 0.2) is 0 Å². The van der Waals surface area contributed by atoms with Crippen LogP contribution in [0.1, 0.15) is 36.1 Å². The number of hydrogen-bond donors (Lipinski definition) is 2. The highest BCUT2D eigenvalue weighted by Gasteiger charge is 2.27. The summed E-state index contributed by atoms with van der Waals surface area (Å²) in [6.45, 7) is 0.564. The molecule has 0 bridgehead atoms. The molecular formula is C15H19N3O. The summed E-state index contributed by atoms with van der Waals surface area (Å²) in [5, 5.41) is 17.3. The fourth-order valence-electron chi connectivity index (χ4n) is 2.37. The minimum absolute atomic E-state index is 0.459. The zero-order valence-corrected chi connectivity index (χ0v) is 11.1. The van der Waals surface area contributed by atoms with Crippen LogP contribution in [-0.4, -0.2) is 28.5 Å². The molecule has 4 heteroatoms. The summed E-state index contributed by atoms with van der Waals surface area (Å²) in [4.78, 5) is 0. The van der Waals surface area contributed by atoms with Crippen LogP contribution in [-0.2, 0) is 0 Å².